The lowest BCUT2D eigenvalue weighted by molar-refractivity contribution is 0.0602. The fraction of sp³-hybridized carbons (Fsp3) is 0.231. The molecule has 3 rings (SSSR count). The van der Waals surface area contributed by atoms with Crippen LogP contribution in [0.2, 0.25) is 0 Å². The number of fused-ring (bicyclic) bond motifs is 1. The Morgan fingerprint density at radius 1 is 1.24 bits per heavy atom. The summed E-state index contributed by atoms with van der Waals surface area (Å²) in [5, 5.41) is 1.05. The Morgan fingerprint density at radius 2 is 2.00 bits per heavy atom. The number of likely N-dealkylation sites (tertiary alicyclic amines) is 1. The third kappa shape index (κ3) is 1.76. The fourth-order valence-electron chi connectivity index (χ4n) is 2.03. The van der Waals surface area contributed by atoms with Gasteiger partial charge in [0.15, 0.2) is 0 Å². The highest BCUT2D eigenvalue weighted by Gasteiger charge is 2.28. The van der Waals surface area contributed by atoms with Crippen molar-refractivity contribution in [2.45, 2.75) is 6.04 Å². The van der Waals surface area contributed by atoms with Gasteiger partial charge in [0, 0.05) is 24.5 Å². The number of aromatic nitrogens is 1. The maximum absolute atomic E-state index is 12.0. The van der Waals surface area contributed by atoms with Crippen molar-refractivity contribution in [3.05, 3.63) is 42.1 Å². The van der Waals surface area contributed by atoms with Gasteiger partial charge >= 0.3 is 0 Å². The number of nitrogens with zero attached hydrogens (tertiary/aromatic N) is 2. The van der Waals surface area contributed by atoms with Gasteiger partial charge in [0.2, 0.25) is 0 Å². The molecule has 2 heterocycles. The van der Waals surface area contributed by atoms with Crippen molar-refractivity contribution in [1.29, 1.82) is 0 Å². The zero-order chi connectivity index (χ0) is 11.8. The van der Waals surface area contributed by atoms with Gasteiger partial charge in [-0.05, 0) is 12.1 Å². The molecule has 4 nitrogen and oxygen atoms in total. The normalized spacial score (nSPS) is 15.9. The second kappa shape index (κ2) is 3.82. The molecule has 0 saturated carbocycles. The zero-order valence-corrected chi connectivity index (χ0v) is 9.34. The van der Waals surface area contributed by atoms with Crippen LogP contribution in [0.1, 0.15) is 10.5 Å². The summed E-state index contributed by atoms with van der Waals surface area (Å²) < 4.78 is 0. The summed E-state index contributed by atoms with van der Waals surface area (Å²) in [6.45, 7) is 1.26. The lowest BCUT2D eigenvalue weighted by Gasteiger charge is -2.36. The average molecular weight is 227 g/mol. The topological polar surface area (TPSA) is 59.2 Å². The second-order valence-electron chi connectivity index (χ2n) is 4.36. The second-order valence-corrected chi connectivity index (χ2v) is 4.36. The first-order valence-corrected chi connectivity index (χ1v) is 5.65. The average Bonchev–Trinajstić information content (AvgIpc) is 2.33. The molecule has 1 aliphatic rings. The quantitative estimate of drug-likeness (QED) is 0.791. The number of carbonyl (C=O) groups is 1. The summed E-state index contributed by atoms with van der Waals surface area (Å²) in [7, 11) is 0. The van der Waals surface area contributed by atoms with Crippen molar-refractivity contribution < 1.29 is 4.79 Å². The van der Waals surface area contributed by atoms with Gasteiger partial charge < -0.3 is 10.6 Å². The van der Waals surface area contributed by atoms with Crippen molar-refractivity contribution in [2.24, 2.45) is 5.73 Å². The van der Waals surface area contributed by atoms with E-state index >= 15 is 0 Å². The van der Waals surface area contributed by atoms with Crippen LogP contribution in [0.4, 0.5) is 0 Å². The number of amides is 1. The van der Waals surface area contributed by atoms with Crippen molar-refractivity contribution in [3.63, 3.8) is 0 Å². The van der Waals surface area contributed by atoms with E-state index in [1.165, 1.54) is 0 Å². The molecule has 1 saturated heterocycles. The largest absolute Gasteiger partial charge is 0.334 e. The van der Waals surface area contributed by atoms with Gasteiger partial charge in [-0.3, -0.25) is 4.79 Å². The Balaban J connectivity index is 1.92. The standard InChI is InChI=1S/C13H13N3O/c14-10-7-16(8-10)13(17)12-6-5-9-3-1-2-4-11(9)15-12/h1-6,10H,7-8,14H2. The van der Waals surface area contributed by atoms with Crippen LogP contribution >= 0.6 is 0 Å². The lowest BCUT2D eigenvalue weighted by Crippen LogP contribution is -2.57. The molecule has 1 fully saturated rings. The Labute approximate surface area is 99.0 Å². The van der Waals surface area contributed by atoms with Crippen molar-refractivity contribution >= 4 is 16.8 Å². The third-order valence-electron chi connectivity index (χ3n) is 3.01. The number of rotatable bonds is 1. The first kappa shape index (κ1) is 10.2. The number of nitrogens with two attached hydrogens (primary N) is 1. The van der Waals surface area contributed by atoms with E-state index in [1.807, 2.05) is 30.3 Å². The van der Waals surface area contributed by atoms with Gasteiger partial charge in [-0.2, -0.15) is 0 Å². The monoisotopic (exact) mass is 227 g/mol. The van der Waals surface area contributed by atoms with Crippen molar-refractivity contribution in [3.8, 4) is 0 Å². The zero-order valence-electron chi connectivity index (χ0n) is 9.34. The first-order valence-electron chi connectivity index (χ1n) is 5.65. The van der Waals surface area contributed by atoms with Crippen molar-refractivity contribution in [2.75, 3.05) is 13.1 Å². The smallest absolute Gasteiger partial charge is 0.272 e. The lowest BCUT2D eigenvalue weighted by atomic mass is 10.1. The summed E-state index contributed by atoms with van der Waals surface area (Å²) in [5.74, 6) is -0.0301. The van der Waals surface area contributed by atoms with E-state index in [-0.39, 0.29) is 11.9 Å². The van der Waals surface area contributed by atoms with Gasteiger partial charge in [0.25, 0.3) is 5.91 Å². The van der Waals surface area contributed by atoms with Crippen LogP contribution in [0, 0.1) is 0 Å². The summed E-state index contributed by atoms with van der Waals surface area (Å²) in [6, 6.07) is 11.6. The van der Waals surface area contributed by atoms with Crippen LogP contribution in [0.25, 0.3) is 10.9 Å². The van der Waals surface area contributed by atoms with Crippen LogP contribution in [0.15, 0.2) is 36.4 Å². The Kier molecular flexibility index (Phi) is 2.30. The highest BCUT2D eigenvalue weighted by atomic mass is 16.2. The minimum absolute atomic E-state index is 0.0301. The van der Waals surface area contributed by atoms with Crippen LogP contribution < -0.4 is 5.73 Å². The number of para-hydroxylation sites is 1. The van der Waals surface area contributed by atoms with Crippen LogP contribution in [-0.4, -0.2) is 34.9 Å². The predicted octanol–water partition coefficient (Wildman–Crippen LogP) is 1.02. The van der Waals surface area contributed by atoms with Gasteiger partial charge in [0.1, 0.15) is 5.69 Å². The molecule has 0 bridgehead atoms. The Bertz CT molecular complexity index is 576. The maximum atomic E-state index is 12.0. The van der Waals surface area contributed by atoms with Gasteiger partial charge in [-0.15, -0.1) is 0 Å². The minimum Gasteiger partial charge on any atom is -0.334 e. The predicted molar refractivity (Wildman–Crippen MR) is 65.6 cm³/mol. The molecule has 1 amide bonds. The summed E-state index contributed by atoms with van der Waals surface area (Å²) in [6.07, 6.45) is 0. The molecule has 1 aromatic heterocycles. The van der Waals surface area contributed by atoms with E-state index in [0.717, 1.165) is 10.9 Å². The van der Waals surface area contributed by atoms with Gasteiger partial charge in [-0.25, -0.2) is 4.98 Å². The SMILES string of the molecule is NC1CN(C(=O)c2ccc3ccccc3n2)C1. The van der Waals surface area contributed by atoms with Crippen molar-refractivity contribution in [1.82, 2.24) is 9.88 Å². The number of hydrogen-bond donors (Lipinski definition) is 1. The summed E-state index contributed by atoms with van der Waals surface area (Å²) in [5.41, 5.74) is 7.01. The molecule has 2 N–H and O–H groups in total. The van der Waals surface area contributed by atoms with Gasteiger partial charge in [0.05, 0.1) is 5.52 Å². The number of pyridine rings is 1. The molecular formula is C13H13N3O. The molecule has 4 heteroatoms. The van der Waals surface area contributed by atoms with Crippen LogP contribution in [0.5, 0.6) is 0 Å². The van der Waals surface area contributed by atoms with E-state index < -0.39 is 0 Å². The molecule has 0 atom stereocenters. The van der Waals surface area contributed by atoms with Crippen LogP contribution in [0.3, 0.4) is 0 Å². The Morgan fingerprint density at radius 3 is 2.76 bits per heavy atom. The summed E-state index contributed by atoms with van der Waals surface area (Å²) in [4.78, 5) is 18.1. The fourth-order valence-corrected chi connectivity index (χ4v) is 2.03. The molecule has 1 aromatic carbocycles. The van der Waals surface area contributed by atoms with E-state index in [1.54, 1.807) is 11.0 Å². The number of carbonyl (C=O) groups excluding carboxylic acids is 1. The molecule has 2 aromatic rings. The van der Waals surface area contributed by atoms with E-state index in [2.05, 4.69) is 4.98 Å². The molecular weight excluding hydrogens is 214 g/mol. The molecule has 0 radical (unpaired) electrons. The molecule has 86 valence electrons. The van der Waals surface area contributed by atoms with E-state index in [0.29, 0.717) is 18.8 Å². The molecule has 17 heavy (non-hydrogen) atoms. The van der Waals surface area contributed by atoms with Gasteiger partial charge in [-0.1, -0.05) is 24.3 Å². The maximum Gasteiger partial charge on any atom is 0.272 e. The molecule has 1 aliphatic heterocycles. The third-order valence-corrected chi connectivity index (χ3v) is 3.01. The molecule has 0 unspecified atom stereocenters. The molecule has 0 spiro atoms. The van der Waals surface area contributed by atoms with E-state index in [9.17, 15) is 4.79 Å². The highest BCUT2D eigenvalue weighted by Crippen LogP contribution is 2.15. The first-order chi connectivity index (χ1) is 8.24. The van der Waals surface area contributed by atoms with E-state index in [4.69, 9.17) is 5.73 Å². The minimum atomic E-state index is -0.0301. The van der Waals surface area contributed by atoms with Crippen LogP contribution in [-0.2, 0) is 0 Å². The number of hydrogen-bond acceptors (Lipinski definition) is 3. The summed E-state index contributed by atoms with van der Waals surface area (Å²) >= 11 is 0. The Hall–Kier alpha value is -1.94. The number of benzene rings is 1. The highest BCUT2D eigenvalue weighted by molar-refractivity contribution is 5.95. The molecule has 0 aliphatic carbocycles.